The molecule has 0 amide bonds. The molecule has 0 bridgehead atoms. The Morgan fingerprint density at radius 2 is 1.20 bits per heavy atom. The lowest BCUT2D eigenvalue weighted by molar-refractivity contribution is 1.17. The van der Waals surface area contributed by atoms with Crippen molar-refractivity contribution in [2.45, 2.75) is 0 Å². The highest BCUT2D eigenvalue weighted by Crippen LogP contribution is 2.47. The molecule has 4 nitrogen and oxygen atoms in total. The number of benzene rings is 6. The molecule has 0 fully saturated rings. The van der Waals surface area contributed by atoms with Crippen LogP contribution in [0.3, 0.4) is 0 Å². The van der Waals surface area contributed by atoms with Crippen LogP contribution in [0.25, 0.3) is 92.1 Å². The third-order valence-electron chi connectivity index (χ3n) is 9.05. The number of aromatic nitrogens is 4. The van der Waals surface area contributed by atoms with Crippen LogP contribution in [0.2, 0.25) is 0 Å². The molecule has 4 heterocycles. The second kappa shape index (κ2) is 9.80. The molecule has 10 aromatic rings. The van der Waals surface area contributed by atoms with E-state index in [1.807, 2.05) is 41.7 Å². The van der Waals surface area contributed by atoms with Gasteiger partial charge in [-0.15, -0.1) is 11.3 Å². The van der Waals surface area contributed by atoms with E-state index in [0.29, 0.717) is 11.5 Å². The van der Waals surface area contributed by atoms with Crippen LogP contribution in [0.5, 0.6) is 0 Å². The van der Waals surface area contributed by atoms with Crippen molar-refractivity contribution in [2.75, 3.05) is 0 Å². The summed E-state index contributed by atoms with van der Waals surface area (Å²) in [5.74, 6) is 0.663. The van der Waals surface area contributed by atoms with Crippen molar-refractivity contribution in [2.24, 2.45) is 0 Å². The summed E-state index contributed by atoms with van der Waals surface area (Å²) in [7, 11) is 0. The predicted molar refractivity (Wildman–Crippen MR) is 193 cm³/mol. The molecule has 6 aromatic carbocycles. The second-order valence-electron chi connectivity index (χ2n) is 11.6. The zero-order valence-corrected chi connectivity index (χ0v) is 25.4. The van der Waals surface area contributed by atoms with E-state index in [1.165, 1.54) is 52.8 Å². The SMILES string of the molecule is c1ccc(-c2nc(-c3ccc(-n4c5ccccc5c5c6ccccc6c6sc7ccccc7c6c54)cc3)nc3ncccc23)cc1. The lowest BCUT2D eigenvalue weighted by Crippen LogP contribution is -1.98. The zero-order valence-electron chi connectivity index (χ0n) is 24.6. The number of hydrogen-bond acceptors (Lipinski definition) is 4. The summed E-state index contributed by atoms with van der Waals surface area (Å²) in [6.07, 6.45) is 1.79. The van der Waals surface area contributed by atoms with E-state index in [4.69, 9.17) is 9.97 Å². The standard InChI is InChI=1S/C41H24N4S/c1-2-11-25(12-3-1)37-32-17-10-24-42-41(32)44-40(43-37)26-20-22-27(23-21-26)45-33-18-8-6-15-30(33)35-28-13-4-5-14-29(28)39-36(38(35)45)31-16-7-9-19-34(31)46-39/h1-24H. The Kier molecular flexibility index (Phi) is 5.41. The first-order chi connectivity index (χ1) is 22.8. The molecular formula is C41H24N4S. The maximum absolute atomic E-state index is 5.08. The average Bonchev–Trinajstić information content (AvgIpc) is 3.68. The van der Waals surface area contributed by atoms with E-state index >= 15 is 0 Å². The molecule has 10 rings (SSSR count). The van der Waals surface area contributed by atoms with Gasteiger partial charge in [0.05, 0.1) is 16.7 Å². The number of para-hydroxylation sites is 1. The zero-order chi connectivity index (χ0) is 30.2. The van der Waals surface area contributed by atoms with Crippen molar-refractivity contribution in [3.8, 4) is 28.3 Å². The van der Waals surface area contributed by atoms with E-state index in [-0.39, 0.29) is 0 Å². The average molecular weight is 605 g/mol. The molecule has 0 radical (unpaired) electrons. The van der Waals surface area contributed by atoms with Crippen LogP contribution in [0.15, 0.2) is 146 Å². The minimum Gasteiger partial charge on any atom is -0.309 e. The predicted octanol–water partition coefficient (Wildman–Crippen LogP) is 11.0. The van der Waals surface area contributed by atoms with Gasteiger partial charge in [-0.1, -0.05) is 91.0 Å². The summed E-state index contributed by atoms with van der Waals surface area (Å²) in [6.45, 7) is 0. The number of hydrogen-bond donors (Lipinski definition) is 0. The highest BCUT2D eigenvalue weighted by Gasteiger charge is 2.22. The van der Waals surface area contributed by atoms with Gasteiger partial charge in [-0.3, -0.25) is 0 Å². The van der Waals surface area contributed by atoms with Gasteiger partial charge in [0, 0.05) is 64.7 Å². The van der Waals surface area contributed by atoms with Crippen molar-refractivity contribution < 1.29 is 0 Å². The molecule has 4 aromatic heterocycles. The first-order valence-corrected chi connectivity index (χ1v) is 16.2. The lowest BCUT2D eigenvalue weighted by Gasteiger charge is -2.12. The highest BCUT2D eigenvalue weighted by molar-refractivity contribution is 7.27. The Morgan fingerprint density at radius 1 is 0.500 bits per heavy atom. The van der Waals surface area contributed by atoms with E-state index < -0.39 is 0 Å². The summed E-state index contributed by atoms with van der Waals surface area (Å²) in [5, 5.41) is 8.69. The number of pyridine rings is 1. The quantitative estimate of drug-likeness (QED) is 0.201. The third kappa shape index (κ3) is 3.63. The van der Waals surface area contributed by atoms with Gasteiger partial charge < -0.3 is 4.57 Å². The largest absolute Gasteiger partial charge is 0.309 e. The van der Waals surface area contributed by atoms with Crippen LogP contribution >= 0.6 is 11.3 Å². The number of thiophene rings is 1. The molecule has 214 valence electrons. The molecule has 0 aliphatic rings. The van der Waals surface area contributed by atoms with Crippen LogP contribution in [-0.4, -0.2) is 19.5 Å². The number of nitrogens with zero attached hydrogens (tertiary/aromatic N) is 4. The van der Waals surface area contributed by atoms with Gasteiger partial charge in [0.1, 0.15) is 0 Å². The van der Waals surface area contributed by atoms with E-state index in [2.05, 4.69) is 119 Å². The van der Waals surface area contributed by atoms with Crippen LogP contribution in [0.1, 0.15) is 0 Å². The third-order valence-corrected chi connectivity index (χ3v) is 10.3. The molecular weight excluding hydrogens is 581 g/mol. The van der Waals surface area contributed by atoms with Gasteiger partial charge in [0.25, 0.3) is 0 Å². The first-order valence-electron chi connectivity index (χ1n) is 15.4. The molecule has 0 aliphatic carbocycles. The van der Waals surface area contributed by atoms with Crippen LogP contribution in [-0.2, 0) is 0 Å². The molecule has 0 saturated carbocycles. The molecule has 46 heavy (non-hydrogen) atoms. The molecule has 0 N–H and O–H groups in total. The Bertz CT molecular complexity index is 2790. The van der Waals surface area contributed by atoms with Crippen LogP contribution in [0, 0.1) is 0 Å². The molecule has 0 spiro atoms. The fraction of sp³-hybridized carbons (Fsp3) is 0. The van der Waals surface area contributed by atoms with E-state index in [9.17, 15) is 0 Å². The summed E-state index contributed by atoms with van der Waals surface area (Å²) >= 11 is 1.88. The van der Waals surface area contributed by atoms with Gasteiger partial charge in [-0.2, -0.15) is 0 Å². The van der Waals surface area contributed by atoms with Gasteiger partial charge in [-0.05, 0) is 53.9 Å². The maximum atomic E-state index is 5.08. The summed E-state index contributed by atoms with van der Waals surface area (Å²) < 4.78 is 5.08. The molecule has 0 aliphatic heterocycles. The van der Waals surface area contributed by atoms with E-state index in [1.54, 1.807) is 6.20 Å². The molecule has 5 heteroatoms. The van der Waals surface area contributed by atoms with Gasteiger partial charge in [-0.25, -0.2) is 15.0 Å². The van der Waals surface area contributed by atoms with Gasteiger partial charge in [0.2, 0.25) is 0 Å². The fourth-order valence-corrected chi connectivity index (χ4v) is 8.30. The highest BCUT2D eigenvalue weighted by atomic mass is 32.1. The van der Waals surface area contributed by atoms with Gasteiger partial charge >= 0.3 is 0 Å². The van der Waals surface area contributed by atoms with Crippen molar-refractivity contribution in [3.05, 3.63) is 146 Å². The summed E-state index contributed by atoms with van der Waals surface area (Å²) in [4.78, 5) is 14.6. The smallest absolute Gasteiger partial charge is 0.163 e. The Balaban J connectivity index is 1.25. The first kappa shape index (κ1) is 25.4. The number of rotatable bonds is 3. The summed E-state index contributed by atoms with van der Waals surface area (Å²) in [5.41, 5.74) is 7.11. The summed E-state index contributed by atoms with van der Waals surface area (Å²) in [6, 6.07) is 49.4. The van der Waals surface area contributed by atoms with E-state index in [0.717, 1.165) is 27.9 Å². The molecule has 0 unspecified atom stereocenters. The Hall–Kier alpha value is -5.91. The van der Waals surface area contributed by atoms with Crippen molar-refractivity contribution in [1.82, 2.24) is 19.5 Å². The van der Waals surface area contributed by atoms with Gasteiger partial charge in [0.15, 0.2) is 11.5 Å². The normalized spacial score (nSPS) is 11.9. The minimum atomic E-state index is 0.663. The van der Waals surface area contributed by atoms with Crippen LogP contribution in [0.4, 0.5) is 0 Å². The Labute approximate surface area is 267 Å². The minimum absolute atomic E-state index is 0.663. The lowest BCUT2D eigenvalue weighted by atomic mass is 10.00. The monoisotopic (exact) mass is 604 g/mol. The second-order valence-corrected chi connectivity index (χ2v) is 12.7. The van der Waals surface area contributed by atoms with Crippen molar-refractivity contribution >= 4 is 75.1 Å². The topological polar surface area (TPSA) is 43.6 Å². The maximum Gasteiger partial charge on any atom is 0.163 e. The molecule has 0 saturated heterocycles. The van der Waals surface area contributed by atoms with Crippen LogP contribution < -0.4 is 0 Å². The van der Waals surface area contributed by atoms with Crippen molar-refractivity contribution in [1.29, 1.82) is 0 Å². The molecule has 0 atom stereocenters. The number of fused-ring (bicyclic) bond motifs is 11. The van der Waals surface area contributed by atoms with Crippen molar-refractivity contribution in [3.63, 3.8) is 0 Å². The Morgan fingerprint density at radius 3 is 2.04 bits per heavy atom. The fourth-order valence-electron chi connectivity index (χ4n) is 7.05.